The molecule has 1 aliphatic heterocycles. The number of carbonyl (C=O) groups excluding carboxylic acids is 3. The summed E-state index contributed by atoms with van der Waals surface area (Å²) in [6.07, 6.45) is 1.59. The minimum atomic E-state index is -1.32. The lowest BCUT2D eigenvalue weighted by atomic mass is 9.94. The Kier molecular flexibility index (Phi) is 7.21. The van der Waals surface area contributed by atoms with Crippen LogP contribution in [0.15, 0.2) is 60.7 Å². The number of ether oxygens (including phenoxy) is 2. The number of hydrogen-bond acceptors (Lipinski definition) is 8. The molecular formula is C27H23FN2O6S. The molecule has 2 aromatic carbocycles. The Bertz CT molecular complexity index is 1460. The number of hydrogen-bond donors (Lipinski definition) is 1. The van der Waals surface area contributed by atoms with E-state index >= 15 is 4.39 Å². The van der Waals surface area contributed by atoms with E-state index in [-0.39, 0.29) is 39.0 Å². The third-order valence-corrected chi connectivity index (χ3v) is 6.95. The van der Waals surface area contributed by atoms with Crippen molar-refractivity contribution in [2.45, 2.75) is 19.9 Å². The first-order valence-electron chi connectivity index (χ1n) is 11.2. The van der Waals surface area contributed by atoms with Crippen LogP contribution in [0.4, 0.5) is 9.52 Å². The first-order chi connectivity index (χ1) is 17.7. The van der Waals surface area contributed by atoms with Crippen molar-refractivity contribution in [1.29, 1.82) is 0 Å². The second-order valence-electron chi connectivity index (χ2n) is 8.17. The molecule has 1 atom stereocenters. The van der Waals surface area contributed by atoms with Crippen LogP contribution in [0, 0.1) is 19.7 Å². The van der Waals surface area contributed by atoms with E-state index in [1.807, 2.05) is 0 Å². The molecule has 0 unspecified atom stereocenters. The molecule has 4 rings (SSSR count). The fraction of sp³-hybridized carbons (Fsp3) is 0.185. The second kappa shape index (κ2) is 10.4. The van der Waals surface area contributed by atoms with Crippen molar-refractivity contribution in [1.82, 2.24) is 4.98 Å². The molecule has 1 aliphatic rings. The highest BCUT2D eigenvalue weighted by Gasteiger charge is 2.49. The fourth-order valence-corrected chi connectivity index (χ4v) is 5.06. The number of aromatic nitrogens is 1. The van der Waals surface area contributed by atoms with Crippen molar-refractivity contribution >= 4 is 39.9 Å². The zero-order chi connectivity index (χ0) is 26.9. The van der Waals surface area contributed by atoms with Gasteiger partial charge in [0.2, 0.25) is 0 Å². The Labute approximate surface area is 216 Å². The lowest BCUT2D eigenvalue weighted by molar-refractivity contribution is -0.132. The molecule has 10 heteroatoms. The van der Waals surface area contributed by atoms with Crippen molar-refractivity contribution in [3.8, 4) is 5.75 Å². The normalized spacial score (nSPS) is 16.6. The number of thiazole rings is 1. The Morgan fingerprint density at radius 3 is 2.62 bits per heavy atom. The van der Waals surface area contributed by atoms with Gasteiger partial charge < -0.3 is 14.6 Å². The average molecular weight is 523 g/mol. The van der Waals surface area contributed by atoms with Crippen LogP contribution in [0.5, 0.6) is 5.75 Å². The van der Waals surface area contributed by atoms with Crippen LogP contribution in [0.2, 0.25) is 0 Å². The lowest BCUT2D eigenvalue weighted by Crippen LogP contribution is -2.29. The Morgan fingerprint density at radius 2 is 1.97 bits per heavy atom. The van der Waals surface area contributed by atoms with Gasteiger partial charge in [0.05, 0.1) is 18.4 Å². The number of aryl methyl sites for hydroxylation is 2. The number of amides is 1. The molecule has 1 N–H and O–H groups in total. The van der Waals surface area contributed by atoms with Gasteiger partial charge in [-0.15, -0.1) is 0 Å². The van der Waals surface area contributed by atoms with E-state index < -0.39 is 35.3 Å². The van der Waals surface area contributed by atoms with Gasteiger partial charge in [0.1, 0.15) is 34.9 Å². The molecule has 0 aliphatic carbocycles. The molecule has 1 saturated heterocycles. The van der Waals surface area contributed by atoms with Crippen LogP contribution in [0.3, 0.4) is 0 Å². The first kappa shape index (κ1) is 25.8. The number of nitrogens with zero attached hydrogens (tertiary/aromatic N) is 2. The number of halogens is 1. The number of aliphatic hydroxyl groups excluding tert-OH is 1. The van der Waals surface area contributed by atoms with Gasteiger partial charge in [-0.25, -0.2) is 14.2 Å². The molecule has 0 saturated carbocycles. The van der Waals surface area contributed by atoms with Gasteiger partial charge in [-0.05, 0) is 43.7 Å². The van der Waals surface area contributed by atoms with E-state index in [1.165, 1.54) is 31.4 Å². The van der Waals surface area contributed by atoms with Crippen LogP contribution in [-0.2, 0) is 14.3 Å². The molecule has 0 spiro atoms. The van der Waals surface area contributed by atoms with Gasteiger partial charge in [-0.3, -0.25) is 14.5 Å². The number of Topliss-reactive ketones (excluding diaryl/α,β-unsaturated/α-hetero) is 1. The molecule has 190 valence electrons. The Morgan fingerprint density at radius 1 is 1.24 bits per heavy atom. The molecule has 1 aromatic heterocycles. The third kappa shape index (κ3) is 4.63. The summed E-state index contributed by atoms with van der Waals surface area (Å²) in [6.45, 7) is 7.21. The molecule has 37 heavy (non-hydrogen) atoms. The highest BCUT2D eigenvalue weighted by molar-refractivity contribution is 7.17. The van der Waals surface area contributed by atoms with E-state index in [0.29, 0.717) is 11.3 Å². The topological polar surface area (TPSA) is 106 Å². The van der Waals surface area contributed by atoms with Gasteiger partial charge in [0, 0.05) is 11.1 Å². The number of esters is 1. The summed E-state index contributed by atoms with van der Waals surface area (Å²) in [5.74, 6) is -3.29. The van der Waals surface area contributed by atoms with E-state index in [2.05, 4.69) is 11.6 Å². The van der Waals surface area contributed by atoms with Crippen LogP contribution in [0.25, 0.3) is 5.76 Å². The van der Waals surface area contributed by atoms with Crippen LogP contribution >= 0.6 is 11.3 Å². The standard InChI is InChI=1S/C27H23FN2O6S/c1-5-12-36-19-11-10-16(13-14(19)2)22(31)20-21(17-8-6-7-9-18(17)28)30(25(33)23(20)32)27-29-15(3)24(37-27)26(34)35-4/h5-11,13,21,31H,1,12H2,2-4H3/t21-/m1/s1. The van der Waals surface area contributed by atoms with Gasteiger partial charge in [0.25, 0.3) is 5.78 Å². The van der Waals surface area contributed by atoms with E-state index in [4.69, 9.17) is 9.47 Å². The van der Waals surface area contributed by atoms with Crippen molar-refractivity contribution in [3.63, 3.8) is 0 Å². The number of rotatable bonds is 7. The summed E-state index contributed by atoms with van der Waals surface area (Å²) < 4.78 is 25.4. The maximum Gasteiger partial charge on any atom is 0.350 e. The molecule has 1 fully saturated rings. The van der Waals surface area contributed by atoms with Crippen molar-refractivity contribution in [3.05, 3.63) is 93.8 Å². The van der Waals surface area contributed by atoms with Crippen LogP contribution in [0.1, 0.15) is 38.1 Å². The zero-order valence-corrected chi connectivity index (χ0v) is 21.1. The summed E-state index contributed by atoms with van der Waals surface area (Å²) in [5.41, 5.74) is 0.876. The number of aliphatic hydroxyl groups is 1. The van der Waals surface area contributed by atoms with Gasteiger partial charge in [0.15, 0.2) is 5.13 Å². The molecule has 0 radical (unpaired) electrons. The smallest absolute Gasteiger partial charge is 0.350 e. The quantitative estimate of drug-likeness (QED) is 0.155. The largest absolute Gasteiger partial charge is 0.507 e. The third-order valence-electron chi connectivity index (χ3n) is 5.81. The summed E-state index contributed by atoms with van der Waals surface area (Å²) in [5, 5.41) is 11.3. The van der Waals surface area contributed by atoms with Crippen molar-refractivity contribution in [2.75, 3.05) is 18.6 Å². The van der Waals surface area contributed by atoms with E-state index in [0.717, 1.165) is 16.2 Å². The highest BCUT2D eigenvalue weighted by Crippen LogP contribution is 2.44. The highest BCUT2D eigenvalue weighted by atomic mass is 32.1. The first-order valence-corrected chi connectivity index (χ1v) is 12.0. The molecule has 1 amide bonds. The maximum absolute atomic E-state index is 15.1. The number of carbonyl (C=O) groups is 3. The molecule has 0 bridgehead atoms. The maximum atomic E-state index is 15.1. The van der Waals surface area contributed by atoms with Gasteiger partial charge >= 0.3 is 11.9 Å². The van der Waals surface area contributed by atoms with E-state index in [1.54, 1.807) is 38.1 Å². The summed E-state index contributed by atoms with van der Waals surface area (Å²) in [6, 6.07) is 9.08. The monoisotopic (exact) mass is 522 g/mol. The average Bonchev–Trinajstić information content (AvgIpc) is 3.39. The number of methoxy groups -OCH3 is 1. The predicted octanol–water partition coefficient (Wildman–Crippen LogP) is 4.88. The van der Waals surface area contributed by atoms with Crippen molar-refractivity contribution < 1.29 is 33.4 Å². The van der Waals surface area contributed by atoms with Gasteiger partial charge in [-0.2, -0.15) is 0 Å². The van der Waals surface area contributed by atoms with Crippen LogP contribution in [-0.4, -0.2) is 41.5 Å². The molecule has 8 nitrogen and oxygen atoms in total. The fourth-order valence-electron chi connectivity index (χ4n) is 4.05. The molecule has 3 aromatic rings. The second-order valence-corrected chi connectivity index (χ2v) is 9.15. The Balaban J connectivity index is 1.91. The minimum absolute atomic E-state index is 0.00310. The lowest BCUT2D eigenvalue weighted by Gasteiger charge is -2.23. The number of ketones is 1. The zero-order valence-electron chi connectivity index (χ0n) is 20.3. The summed E-state index contributed by atoms with van der Waals surface area (Å²) in [7, 11) is 1.21. The summed E-state index contributed by atoms with van der Waals surface area (Å²) in [4.78, 5) is 44.2. The van der Waals surface area contributed by atoms with Gasteiger partial charge in [-0.1, -0.05) is 42.2 Å². The minimum Gasteiger partial charge on any atom is -0.507 e. The predicted molar refractivity (Wildman–Crippen MR) is 136 cm³/mol. The molecule has 2 heterocycles. The van der Waals surface area contributed by atoms with Crippen molar-refractivity contribution in [2.24, 2.45) is 0 Å². The number of benzene rings is 2. The SMILES string of the molecule is C=CCOc1ccc(C(O)=C2C(=O)C(=O)N(c3nc(C)c(C(=O)OC)s3)[C@@H]2c2ccccc2F)cc1C. The molecular weight excluding hydrogens is 499 g/mol. The van der Waals surface area contributed by atoms with E-state index in [9.17, 15) is 19.5 Å². The van der Waals surface area contributed by atoms with Crippen LogP contribution < -0.4 is 9.64 Å². The Hall–Kier alpha value is -4.31. The summed E-state index contributed by atoms with van der Waals surface area (Å²) >= 11 is 0.837. The number of anilines is 1.